The van der Waals surface area contributed by atoms with Gasteiger partial charge < -0.3 is 13.9 Å². The number of pyridine rings is 1. The summed E-state index contributed by atoms with van der Waals surface area (Å²) in [5.74, 6) is 1.53. The van der Waals surface area contributed by atoms with Crippen molar-refractivity contribution in [1.82, 2.24) is 14.1 Å². The van der Waals surface area contributed by atoms with Crippen molar-refractivity contribution in [3.05, 3.63) is 212 Å². The van der Waals surface area contributed by atoms with Crippen molar-refractivity contribution in [2.75, 3.05) is 0 Å². The van der Waals surface area contributed by atoms with Gasteiger partial charge in [0, 0.05) is 56.7 Å². The van der Waals surface area contributed by atoms with E-state index in [1.54, 1.807) is 53.4 Å². The number of fused-ring (bicyclic) bond motifs is 3. The molecule has 0 aliphatic heterocycles. The normalized spacial score (nSPS) is 13.8. The van der Waals surface area contributed by atoms with Crippen LogP contribution in [0.15, 0.2) is 188 Å². The van der Waals surface area contributed by atoms with Gasteiger partial charge in [0.2, 0.25) is 0 Å². The number of para-hydroxylation sites is 1. The van der Waals surface area contributed by atoms with Gasteiger partial charge in [0.1, 0.15) is 5.82 Å². The van der Waals surface area contributed by atoms with Crippen LogP contribution in [0.25, 0.3) is 72.4 Å². The number of hydrogen-bond donors (Lipinski definition) is 0. The number of rotatable bonds is 8. The minimum absolute atomic E-state index is 0. The second kappa shape index (κ2) is 16.1. The summed E-state index contributed by atoms with van der Waals surface area (Å²) in [4.78, 5) is 4.87. The van der Waals surface area contributed by atoms with E-state index in [9.17, 15) is 0 Å². The molecule has 0 amide bonds. The number of nitrogens with zero attached hydrogens (tertiary/aromatic N) is 4. The fourth-order valence-electron chi connectivity index (χ4n) is 7.34. The number of benzene rings is 7. The Morgan fingerprint density at radius 2 is 1.33 bits per heavy atom. The van der Waals surface area contributed by atoms with E-state index in [4.69, 9.17) is 23.4 Å². The van der Waals surface area contributed by atoms with Gasteiger partial charge in [0.25, 0.3) is 6.33 Å². The third-order valence-electron chi connectivity index (χ3n) is 10.2. The maximum absolute atomic E-state index is 8.86. The van der Waals surface area contributed by atoms with Gasteiger partial charge in [-0.15, -0.1) is 29.7 Å². The summed E-state index contributed by atoms with van der Waals surface area (Å²) in [6, 6.07) is 36.3. The molecule has 0 spiro atoms. The van der Waals surface area contributed by atoms with Crippen molar-refractivity contribution < 1.29 is 44.1 Å². The van der Waals surface area contributed by atoms with Crippen molar-refractivity contribution in [2.45, 2.75) is 26.2 Å². The quantitative estimate of drug-likeness (QED) is 0.112. The molecule has 0 N–H and O–H groups in total. The molecule has 6 heteroatoms. The molecule has 0 saturated heterocycles. The molecule has 0 bridgehead atoms. The molecule has 0 unspecified atom stereocenters. The van der Waals surface area contributed by atoms with Gasteiger partial charge in [-0.25, -0.2) is 4.98 Å². The molecule has 294 valence electrons. The summed E-state index contributed by atoms with van der Waals surface area (Å²) in [5.41, 5.74) is 5.58. The van der Waals surface area contributed by atoms with E-state index < -0.39 is 60.4 Å². The Bertz CT molecular complexity index is 3570. The molecule has 60 heavy (non-hydrogen) atoms. The molecule has 10 rings (SSSR count). The van der Waals surface area contributed by atoms with Crippen LogP contribution in [-0.2, 0) is 26.5 Å². The molecule has 0 aliphatic rings. The van der Waals surface area contributed by atoms with Gasteiger partial charge >= 0.3 is 0 Å². The number of hydrogen-bond acceptors (Lipinski definition) is 2. The third-order valence-corrected chi connectivity index (χ3v) is 10.2. The first kappa shape index (κ1) is 28.6. The number of imidazole rings is 1. The second-order valence-corrected chi connectivity index (χ2v) is 15.0. The molecule has 10 aromatic rings. The predicted molar refractivity (Wildman–Crippen MR) is 237 cm³/mol. The van der Waals surface area contributed by atoms with Crippen molar-refractivity contribution in [3.63, 3.8) is 0 Å². The Morgan fingerprint density at radius 3 is 2.05 bits per heavy atom. The van der Waals surface area contributed by atoms with Crippen molar-refractivity contribution >= 4 is 21.8 Å². The first-order valence-corrected chi connectivity index (χ1v) is 19.1. The van der Waals surface area contributed by atoms with Gasteiger partial charge in [0.05, 0.1) is 19.4 Å². The van der Waals surface area contributed by atoms with Crippen LogP contribution < -0.4 is 9.30 Å². The van der Waals surface area contributed by atoms with Crippen molar-refractivity contribution in [1.29, 1.82) is 0 Å². The first-order chi connectivity index (χ1) is 33.0. The van der Waals surface area contributed by atoms with Crippen LogP contribution in [-0.4, -0.2) is 14.1 Å². The van der Waals surface area contributed by atoms with E-state index in [0.717, 1.165) is 44.3 Å². The third kappa shape index (κ3) is 7.38. The van der Waals surface area contributed by atoms with Gasteiger partial charge in [-0.1, -0.05) is 147 Å². The minimum atomic E-state index is -0.569. The molecule has 0 fully saturated rings. The standard InChI is InChI=1S/C54H40N4O.Pt/c1-54(2,3)42-29-30-55-52(34-42)58-50-33-41(38-15-7-4-8-16-38)25-27-48(50)49-28-26-45(36-51(49)58)59-44-22-13-21-43(35-44)56-31-32-57(37-56)53-46(39-17-9-5-10-18-39)23-14-24-47(53)40-19-11-6-12-20-40;/h4-34H,1-3H3;/q-2;/i5D,6D,9D,10D,11D,12D,17D,18D,19D,20D;. The van der Waals surface area contributed by atoms with E-state index in [1.807, 2.05) is 42.6 Å². The monoisotopic (exact) mass is 965 g/mol. The predicted octanol–water partition coefficient (Wildman–Crippen LogP) is 12.7. The van der Waals surface area contributed by atoms with E-state index >= 15 is 0 Å². The van der Waals surface area contributed by atoms with Gasteiger partial charge in [0.15, 0.2) is 0 Å². The Labute approximate surface area is 379 Å². The fraction of sp³-hybridized carbons (Fsp3) is 0.0741. The number of ether oxygens (including phenoxy) is 1. The zero-order valence-electron chi connectivity index (χ0n) is 42.6. The van der Waals surface area contributed by atoms with Crippen LogP contribution in [0.3, 0.4) is 0 Å². The molecular formula is C54H40N4OPt-2. The second-order valence-electron chi connectivity index (χ2n) is 15.0. The average molecular weight is 966 g/mol. The maximum atomic E-state index is 8.86. The van der Waals surface area contributed by atoms with E-state index in [0.29, 0.717) is 17.2 Å². The molecule has 0 aliphatic carbocycles. The molecular weight excluding hydrogens is 916 g/mol. The maximum Gasteiger partial charge on any atom is 0.267 e. The van der Waals surface area contributed by atoms with Crippen LogP contribution in [0.1, 0.15) is 40.0 Å². The zero-order valence-corrected chi connectivity index (χ0v) is 34.9. The summed E-state index contributed by atoms with van der Waals surface area (Å²) < 4.78 is 97.4. The van der Waals surface area contributed by atoms with Crippen molar-refractivity contribution in [3.8, 4) is 62.1 Å². The first-order valence-electron chi connectivity index (χ1n) is 24.1. The molecule has 3 aromatic heterocycles. The van der Waals surface area contributed by atoms with Crippen LogP contribution in [0.2, 0.25) is 0 Å². The molecule has 0 saturated carbocycles. The van der Waals surface area contributed by atoms with E-state index in [1.165, 1.54) is 4.57 Å². The topological polar surface area (TPSA) is 35.9 Å². The van der Waals surface area contributed by atoms with Crippen LogP contribution in [0.4, 0.5) is 0 Å². The summed E-state index contributed by atoms with van der Waals surface area (Å²) in [5, 5.41) is 2.00. The van der Waals surface area contributed by atoms with Gasteiger partial charge in [-0.05, 0) is 73.6 Å². The van der Waals surface area contributed by atoms with Crippen LogP contribution >= 0.6 is 0 Å². The summed E-state index contributed by atoms with van der Waals surface area (Å²) >= 11 is 0. The molecule has 0 atom stereocenters. The Hall–Kier alpha value is -6.81. The molecule has 3 heterocycles. The Morgan fingerprint density at radius 1 is 0.650 bits per heavy atom. The fourth-order valence-corrected chi connectivity index (χ4v) is 7.34. The zero-order chi connectivity index (χ0) is 48.6. The smallest absolute Gasteiger partial charge is 0.267 e. The van der Waals surface area contributed by atoms with Crippen LogP contribution in [0, 0.1) is 18.5 Å². The van der Waals surface area contributed by atoms with E-state index in [-0.39, 0.29) is 54.4 Å². The summed E-state index contributed by atoms with van der Waals surface area (Å²) in [6.07, 6.45) is 8.35. The van der Waals surface area contributed by atoms with Crippen LogP contribution in [0.5, 0.6) is 11.5 Å². The van der Waals surface area contributed by atoms with E-state index in [2.05, 4.69) is 80.2 Å². The molecule has 0 radical (unpaired) electrons. The summed E-state index contributed by atoms with van der Waals surface area (Å²) in [6.45, 7) is 6.51. The SMILES string of the molecule is [2H]c1c([2H])c([2H])c(-c2cccc(-c3c([2H])c([2H])c([2H])c([2H])c3[2H])c2-[n+]2[c-]n(-c3[c-]c(Oc4[c-]c5c(cc4)c4ccc(-c6ccccc6)cc4n5-c4cc(C(C)(C)C)ccn4)ccc3)cc2)c([2H])c1[2H].[Pt]. The van der Waals surface area contributed by atoms with Gasteiger partial charge in [-0.2, -0.15) is 18.2 Å². The average Bonchev–Trinajstić information content (AvgIpc) is 3.97. The van der Waals surface area contributed by atoms with Crippen molar-refractivity contribution in [2.24, 2.45) is 0 Å². The largest absolute Gasteiger partial charge is 0.510 e. The molecule has 7 aromatic carbocycles. The van der Waals surface area contributed by atoms with Gasteiger partial charge in [-0.3, -0.25) is 4.57 Å². The minimum Gasteiger partial charge on any atom is -0.510 e. The Balaban J connectivity index is 0.00000608. The number of aromatic nitrogens is 4. The molecule has 5 nitrogen and oxygen atoms in total. The Kier molecular flexibility index (Phi) is 7.67. The summed E-state index contributed by atoms with van der Waals surface area (Å²) in [7, 11) is 0.